The summed E-state index contributed by atoms with van der Waals surface area (Å²) in [7, 11) is 0. The minimum atomic E-state index is -1.40. The first-order valence-electron chi connectivity index (χ1n) is 15.7. The lowest BCUT2D eigenvalue weighted by molar-refractivity contribution is -0.138. The molecule has 0 unspecified atom stereocenters. The number of hydrogen-bond donors (Lipinski definition) is 7. The molecule has 13 heteroatoms. The third-order valence-corrected chi connectivity index (χ3v) is 8.40. The molecule has 1 saturated heterocycles. The summed E-state index contributed by atoms with van der Waals surface area (Å²) < 4.78 is 0. The van der Waals surface area contributed by atoms with Crippen LogP contribution in [0.1, 0.15) is 91.3 Å². The number of rotatable bonds is 10. The van der Waals surface area contributed by atoms with E-state index in [-0.39, 0.29) is 37.1 Å². The van der Waals surface area contributed by atoms with E-state index >= 15 is 0 Å². The lowest BCUT2D eigenvalue weighted by Crippen LogP contribution is -2.63. The van der Waals surface area contributed by atoms with Gasteiger partial charge in [0, 0.05) is 24.9 Å². The lowest BCUT2D eigenvalue weighted by Gasteiger charge is -2.34. The molecule has 2 aliphatic rings. The van der Waals surface area contributed by atoms with Crippen LogP contribution in [0.4, 0.5) is 0 Å². The number of carbonyl (C=O) groups is 5. The first-order valence-corrected chi connectivity index (χ1v) is 15.7. The van der Waals surface area contributed by atoms with Crippen molar-refractivity contribution in [3.05, 3.63) is 18.2 Å². The number of aromatic amines is 1. The smallest absolute Gasteiger partial charge is 0.246 e. The average molecular weight is 603 g/mol. The quantitative estimate of drug-likeness (QED) is 0.193. The van der Waals surface area contributed by atoms with Crippen molar-refractivity contribution in [3.63, 3.8) is 0 Å². The number of carbonyl (C=O) groups excluding carboxylic acids is 5. The van der Waals surface area contributed by atoms with Gasteiger partial charge in [0.1, 0.15) is 29.5 Å². The van der Waals surface area contributed by atoms with Gasteiger partial charge in [0.15, 0.2) is 0 Å². The second-order valence-electron chi connectivity index (χ2n) is 12.3. The summed E-state index contributed by atoms with van der Waals surface area (Å²) in [5.74, 6) is -1.48. The number of nitrogens with one attached hydrogen (secondary N) is 7. The molecule has 0 spiro atoms. The molecule has 2 heterocycles. The van der Waals surface area contributed by atoms with Crippen molar-refractivity contribution in [2.45, 2.75) is 116 Å². The van der Waals surface area contributed by atoms with Crippen molar-refractivity contribution in [2.75, 3.05) is 13.1 Å². The maximum absolute atomic E-state index is 13.7. The second-order valence-corrected chi connectivity index (χ2v) is 12.3. The Balaban J connectivity index is 1.84. The number of nitrogens with zero attached hydrogens (tertiary/aromatic N) is 1. The molecule has 43 heavy (non-hydrogen) atoms. The highest BCUT2D eigenvalue weighted by molar-refractivity contribution is 5.97. The largest absolute Gasteiger partial charge is 0.354 e. The molecule has 0 aromatic carbocycles. The van der Waals surface area contributed by atoms with E-state index in [0.717, 1.165) is 31.5 Å². The van der Waals surface area contributed by atoms with Gasteiger partial charge in [-0.15, -0.1) is 0 Å². The van der Waals surface area contributed by atoms with Crippen LogP contribution in [0.2, 0.25) is 0 Å². The van der Waals surface area contributed by atoms with Gasteiger partial charge in [-0.05, 0) is 45.1 Å². The Hall–Kier alpha value is -3.48. The molecule has 2 fully saturated rings. The molecule has 7 N–H and O–H groups in total. The molecule has 1 saturated carbocycles. The van der Waals surface area contributed by atoms with E-state index in [1.807, 2.05) is 0 Å². The molecular formula is C30H50N8O5. The average Bonchev–Trinajstić information content (AvgIpc) is 3.50. The number of imidazole rings is 1. The minimum absolute atomic E-state index is 0.0931. The van der Waals surface area contributed by atoms with Gasteiger partial charge in [-0.2, -0.15) is 0 Å². The molecule has 1 aromatic heterocycles. The monoisotopic (exact) mass is 602 g/mol. The molecule has 0 bridgehead atoms. The lowest BCUT2D eigenvalue weighted by atomic mass is 9.84. The first-order chi connectivity index (χ1) is 20.5. The molecule has 1 aliphatic carbocycles. The van der Waals surface area contributed by atoms with Crippen molar-refractivity contribution >= 4 is 29.5 Å². The van der Waals surface area contributed by atoms with Gasteiger partial charge >= 0.3 is 0 Å². The van der Waals surface area contributed by atoms with Gasteiger partial charge in [0.2, 0.25) is 29.5 Å². The van der Waals surface area contributed by atoms with E-state index in [2.05, 4.69) is 41.9 Å². The highest BCUT2D eigenvalue weighted by atomic mass is 16.2. The normalized spacial score (nSPS) is 26.6. The molecule has 240 valence electrons. The molecule has 4 atom stereocenters. The zero-order valence-corrected chi connectivity index (χ0v) is 26.0. The SMILES string of the molecule is CC[C@@H]1NC(=O)[C@H](CCNCc2ncc[nH]2)NC(=O)[C@](C)(NC(=O)C(C)C)CCNC(=O)[C@@H](CC2CCCCC2)NC1=O. The minimum Gasteiger partial charge on any atom is -0.354 e. The highest BCUT2D eigenvalue weighted by Crippen LogP contribution is 2.27. The fraction of sp³-hybridized carbons (Fsp3) is 0.733. The standard InChI is InChI=1S/C30H50N8O5/c1-5-21-27(41)36-23(17-20-9-7-6-8-10-20)26(40)34-14-12-30(4,38-25(39)19(2)3)29(43)37-22(28(42)35-21)11-13-31-18-24-32-15-16-33-24/h15-16,19-23,31H,5-14,17-18H2,1-4H3,(H,32,33)(H,34,40)(H,35,42)(H,36,41)(H,37,43)(H,38,39)/t21-,22-,23+,30+/m0/s1. The molecular weight excluding hydrogens is 552 g/mol. The molecule has 1 aliphatic heterocycles. The van der Waals surface area contributed by atoms with E-state index < -0.39 is 41.4 Å². The zero-order valence-electron chi connectivity index (χ0n) is 26.0. The van der Waals surface area contributed by atoms with Gasteiger partial charge < -0.3 is 36.9 Å². The summed E-state index contributed by atoms with van der Waals surface area (Å²) in [5, 5.41) is 17.4. The third kappa shape index (κ3) is 10.3. The van der Waals surface area contributed by atoms with Gasteiger partial charge in [0.25, 0.3) is 0 Å². The predicted octanol–water partition coefficient (Wildman–Crippen LogP) is 0.775. The summed E-state index contributed by atoms with van der Waals surface area (Å²) in [6.07, 6.45) is 9.86. The molecule has 3 rings (SSSR count). The molecule has 13 nitrogen and oxygen atoms in total. The van der Waals surface area contributed by atoms with Crippen molar-refractivity contribution in [2.24, 2.45) is 11.8 Å². The van der Waals surface area contributed by atoms with Gasteiger partial charge in [-0.3, -0.25) is 24.0 Å². The predicted molar refractivity (Wildman–Crippen MR) is 161 cm³/mol. The Bertz CT molecular complexity index is 1090. The van der Waals surface area contributed by atoms with Crippen molar-refractivity contribution < 1.29 is 24.0 Å². The molecule has 5 amide bonds. The topological polar surface area (TPSA) is 186 Å². The summed E-state index contributed by atoms with van der Waals surface area (Å²) >= 11 is 0. The van der Waals surface area contributed by atoms with Crippen LogP contribution in [-0.2, 0) is 30.5 Å². The van der Waals surface area contributed by atoms with E-state index in [0.29, 0.717) is 31.8 Å². The Morgan fingerprint density at radius 2 is 1.70 bits per heavy atom. The van der Waals surface area contributed by atoms with Crippen LogP contribution in [0.25, 0.3) is 0 Å². The van der Waals surface area contributed by atoms with Gasteiger partial charge in [0.05, 0.1) is 6.54 Å². The summed E-state index contributed by atoms with van der Waals surface area (Å²) in [4.78, 5) is 73.9. The van der Waals surface area contributed by atoms with E-state index in [1.54, 1.807) is 40.1 Å². The fourth-order valence-electron chi connectivity index (χ4n) is 5.53. The zero-order chi connectivity index (χ0) is 31.4. The van der Waals surface area contributed by atoms with E-state index in [4.69, 9.17) is 0 Å². The second kappa shape index (κ2) is 16.4. The van der Waals surface area contributed by atoms with E-state index in [1.165, 1.54) is 6.42 Å². The summed E-state index contributed by atoms with van der Waals surface area (Å²) in [5.41, 5.74) is -1.40. The number of amides is 5. The van der Waals surface area contributed by atoms with Crippen LogP contribution in [0, 0.1) is 11.8 Å². The fourth-order valence-corrected chi connectivity index (χ4v) is 5.53. The van der Waals surface area contributed by atoms with Crippen LogP contribution < -0.4 is 31.9 Å². The van der Waals surface area contributed by atoms with Crippen LogP contribution >= 0.6 is 0 Å². The Morgan fingerprint density at radius 1 is 1.00 bits per heavy atom. The Kier molecular flexibility index (Phi) is 13.0. The number of hydrogen-bond acceptors (Lipinski definition) is 7. The summed E-state index contributed by atoms with van der Waals surface area (Å²) in [6, 6.07) is -2.64. The number of aromatic nitrogens is 2. The van der Waals surface area contributed by atoms with Crippen molar-refractivity contribution in [3.8, 4) is 0 Å². The Labute approximate surface area is 254 Å². The van der Waals surface area contributed by atoms with Crippen molar-refractivity contribution in [1.29, 1.82) is 0 Å². The Morgan fingerprint density at radius 3 is 2.35 bits per heavy atom. The maximum Gasteiger partial charge on any atom is 0.246 e. The van der Waals surface area contributed by atoms with Gasteiger partial charge in [-0.1, -0.05) is 52.9 Å². The van der Waals surface area contributed by atoms with Crippen LogP contribution in [0.15, 0.2) is 12.4 Å². The first kappa shape index (κ1) is 34.0. The molecule has 1 aromatic rings. The number of H-pyrrole nitrogens is 1. The van der Waals surface area contributed by atoms with Crippen LogP contribution in [0.5, 0.6) is 0 Å². The van der Waals surface area contributed by atoms with Crippen LogP contribution in [0.3, 0.4) is 0 Å². The van der Waals surface area contributed by atoms with E-state index in [9.17, 15) is 24.0 Å². The van der Waals surface area contributed by atoms with Crippen molar-refractivity contribution in [1.82, 2.24) is 41.9 Å². The molecule has 0 radical (unpaired) electrons. The maximum atomic E-state index is 13.7. The van der Waals surface area contributed by atoms with Crippen LogP contribution in [-0.4, -0.2) is 76.3 Å². The third-order valence-electron chi connectivity index (χ3n) is 8.40. The highest BCUT2D eigenvalue weighted by Gasteiger charge is 2.39. The summed E-state index contributed by atoms with van der Waals surface area (Å²) in [6.45, 7) is 7.74. The van der Waals surface area contributed by atoms with Gasteiger partial charge in [-0.25, -0.2) is 4.98 Å².